The van der Waals surface area contributed by atoms with Gasteiger partial charge in [0.2, 0.25) is 5.88 Å². The Morgan fingerprint density at radius 1 is 1.35 bits per heavy atom. The van der Waals surface area contributed by atoms with E-state index in [1.165, 1.54) is 6.08 Å². The lowest BCUT2D eigenvalue weighted by Crippen LogP contribution is -1.91. The summed E-state index contributed by atoms with van der Waals surface area (Å²) in [7, 11) is 0. The summed E-state index contributed by atoms with van der Waals surface area (Å²) in [5, 5.41) is 8.54. The molecule has 5 heteroatoms. The fraction of sp³-hybridized carbons (Fsp3) is 0.0667. The highest BCUT2D eigenvalue weighted by molar-refractivity contribution is 9.10. The first kappa shape index (κ1) is 14.3. The average molecular weight is 334 g/mol. The smallest absolute Gasteiger partial charge is 0.328 e. The van der Waals surface area contributed by atoms with E-state index in [1.54, 1.807) is 18.3 Å². The number of carboxylic acid groups (broad SMARTS) is 1. The third-order valence-electron chi connectivity index (χ3n) is 2.54. The fourth-order valence-electron chi connectivity index (χ4n) is 1.51. The van der Waals surface area contributed by atoms with Crippen molar-refractivity contribution in [2.45, 2.75) is 6.92 Å². The van der Waals surface area contributed by atoms with Crippen LogP contribution in [0.1, 0.15) is 11.1 Å². The van der Waals surface area contributed by atoms with Crippen LogP contribution in [-0.4, -0.2) is 16.1 Å². The summed E-state index contributed by atoms with van der Waals surface area (Å²) in [6.07, 6.45) is 4.10. The Bertz CT molecular complexity index is 651. The maximum Gasteiger partial charge on any atom is 0.328 e. The number of benzene rings is 1. The number of nitrogens with zero attached hydrogens (tertiary/aromatic N) is 1. The van der Waals surface area contributed by atoms with Gasteiger partial charge in [-0.1, -0.05) is 22.0 Å². The summed E-state index contributed by atoms with van der Waals surface area (Å²) in [6.45, 7) is 1.95. The Morgan fingerprint density at radius 3 is 2.80 bits per heavy atom. The second kappa shape index (κ2) is 6.34. The molecule has 0 saturated heterocycles. The molecule has 0 bridgehead atoms. The maximum absolute atomic E-state index is 10.4. The molecule has 0 unspecified atom stereocenters. The van der Waals surface area contributed by atoms with Gasteiger partial charge in [0.25, 0.3) is 0 Å². The topological polar surface area (TPSA) is 59.4 Å². The summed E-state index contributed by atoms with van der Waals surface area (Å²) < 4.78 is 6.62. The van der Waals surface area contributed by atoms with E-state index >= 15 is 0 Å². The molecule has 0 fully saturated rings. The predicted octanol–water partition coefficient (Wildman–Crippen LogP) is 4.04. The molecule has 4 nitrogen and oxygen atoms in total. The molecule has 2 aromatic rings. The van der Waals surface area contributed by atoms with Crippen LogP contribution in [0.15, 0.2) is 47.1 Å². The zero-order chi connectivity index (χ0) is 14.5. The number of rotatable bonds is 4. The lowest BCUT2D eigenvalue weighted by atomic mass is 10.2. The van der Waals surface area contributed by atoms with Crippen molar-refractivity contribution >= 4 is 28.0 Å². The molecule has 2 rings (SSSR count). The Morgan fingerprint density at radius 2 is 2.15 bits per heavy atom. The van der Waals surface area contributed by atoms with E-state index in [0.717, 1.165) is 21.9 Å². The highest BCUT2D eigenvalue weighted by Crippen LogP contribution is 2.27. The normalized spacial score (nSPS) is 10.7. The molecule has 0 atom stereocenters. The second-order valence-corrected chi connectivity index (χ2v) is 5.03. The average Bonchev–Trinajstić information content (AvgIpc) is 2.42. The number of carboxylic acids is 1. The fourth-order valence-corrected chi connectivity index (χ4v) is 1.85. The van der Waals surface area contributed by atoms with Crippen LogP contribution in [0.5, 0.6) is 11.6 Å². The van der Waals surface area contributed by atoms with Gasteiger partial charge in [0.05, 0.1) is 0 Å². The number of aromatic nitrogens is 1. The van der Waals surface area contributed by atoms with Crippen LogP contribution in [0.3, 0.4) is 0 Å². The Kier molecular flexibility index (Phi) is 4.53. The minimum Gasteiger partial charge on any atom is -0.478 e. The van der Waals surface area contributed by atoms with E-state index in [0.29, 0.717) is 11.4 Å². The van der Waals surface area contributed by atoms with Gasteiger partial charge in [-0.3, -0.25) is 0 Å². The van der Waals surface area contributed by atoms with E-state index in [1.807, 2.05) is 25.1 Å². The number of aryl methyl sites for hydroxylation is 1. The van der Waals surface area contributed by atoms with Crippen molar-refractivity contribution in [1.29, 1.82) is 0 Å². The van der Waals surface area contributed by atoms with Crippen molar-refractivity contribution in [3.8, 4) is 11.6 Å². The molecule has 0 saturated carbocycles. The van der Waals surface area contributed by atoms with Crippen molar-refractivity contribution in [2.24, 2.45) is 0 Å². The molecule has 20 heavy (non-hydrogen) atoms. The van der Waals surface area contributed by atoms with Gasteiger partial charge >= 0.3 is 5.97 Å². The predicted molar refractivity (Wildman–Crippen MR) is 79.9 cm³/mol. The Hall–Kier alpha value is -2.14. The lowest BCUT2D eigenvalue weighted by molar-refractivity contribution is -0.131. The summed E-state index contributed by atoms with van der Waals surface area (Å²) in [5.74, 6) is 0.189. The first-order valence-corrected chi connectivity index (χ1v) is 6.65. The first-order valence-electron chi connectivity index (χ1n) is 5.85. The third kappa shape index (κ3) is 3.93. The van der Waals surface area contributed by atoms with Gasteiger partial charge in [-0.2, -0.15) is 0 Å². The minimum absolute atomic E-state index is 0.457. The molecule has 0 aliphatic carbocycles. The van der Waals surface area contributed by atoms with Crippen LogP contribution >= 0.6 is 15.9 Å². The monoisotopic (exact) mass is 333 g/mol. The van der Waals surface area contributed by atoms with Crippen molar-refractivity contribution in [1.82, 2.24) is 4.98 Å². The summed E-state index contributed by atoms with van der Waals surface area (Å²) >= 11 is 3.39. The molecule has 1 aromatic carbocycles. The highest BCUT2D eigenvalue weighted by atomic mass is 79.9. The molecule has 0 spiro atoms. The van der Waals surface area contributed by atoms with Crippen LogP contribution in [0, 0.1) is 6.92 Å². The molecule has 0 aliphatic rings. The van der Waals surface area contributed by atoms with Crippen molar-refractivity contribution in [3.05, 3.63) is 58.2 Å². The molecule has 102 valence electrons. The Balaban J connectivity index is 2.14. The highest BCUT2D eigenvalue weighted by Gasteiger charge is 2.03. The first-order chi connectivity index (χ1) is 9.54. The molecule has 1 N–H and O–H groups in total. The summed E-state index contributed by atoms with van der Waals surface area (Å²) in [5.41, 5.74) is 1.70. The third-order valence-corrected chi connectivity index (χ3v) is 3.04. The van der Waals surface area contributed by atoms with E-state index in [9.17, 15) is 4.79 Å². The summed E-state index contributed by atoms with van der Waals surface area (Å²) in [6, 6.07) is 9.20. The van der Waals surface area contributed by atoms with Gasteiger partial charge in [0.1, 0.15) is 5.75 Å². The number of halogens is 1. The number of pyridine rings is 1. The van der Waals surface area contributed by atoms with Crippen molar-refractivity contribution in [2.75, 3.05) is 0 Å². The van der Waals surface area contributed by atoms with E-state index in [2.05, 4.69) is 20.9 Å². The molecular weight excluding hydrogens is 322 g/mol. The van der Waals surface area contributed by atoms with Crippen LogP contribution in [0.25, 0.3) is 6.08 Å². The Labute approximate surface area is 124 Å². The molecule has 1 heterocycles. The van der Waals surface area contributed by atoms with E-state index in [-0.39, 0.29) is 0 Å². The van der Waals surface area contributed by atoms with Crippen molar-refractivity contribution in [3.63, 3.8) is 0 Å². The lowest BCUT2D eigenvalue weighted by Gasteiger charge is -2.08. The van der Waals surface area contributed by atoms with E-state index < -0.39 is 5.97 Å². The zero-order valence-electron chi connectivity index (χ0n) is 10.7. The van der Waals surface area contributed by atoms with Gasteiger partial charge in [-0.25, -0.2) is 9.78 Å². The molecule has 0 amide bonds. The molecule has 1 aromatic heterocycles. The van der Waals surface area contributed by atoms with Crippen LogP contribution < -0.4 is 4.74 Å². The number of hydrogen-bond donors (Lipinski definition) is 1. The minimum atomic E-state index is -0.991. The molecule has 0 radical (unpaired) electrons. The largest absolute Gasteiger partial charge is 0.478 e. The SMILES string of the molecule is Cc1ccc(Br)cc1Oc1ccc(/C=C/C(=O)O)cn1. The van der Waals surface area contributed by atoms with Crippen LogP contribution in [0.4, 0.5) is 0 Å². The number of aliphatic carboxylic acids is 1. The maximum atomic E-state index is 10.4. The summed E-state index contributed by atoms with van der Waals surface area (Å²) in [4.78, 5) is 14.6. The van der Waals surface area contributed by atoms with Gasteiger partial charge in [0.15, 0.2) is 0 Å². The van der Waals surface area contributed by atoms with Gasteiger partial charge < -0.3 is 9.84 Å². The van der Waals surface area contributed by atoms with Gasteiger partial charge in [-0.05, 0) is 42.3 Å². The second-order valence-electron chi connectivity index (χ2n) is 4.11. The standard InChI is InChI=1S/C15H12BrNO3/c1-10-2-5-12(16)8-13(10)20-14-6-3-11(9-17-14)4-7-15(18)19/h2-9H,1H3,(H,18,19)/b7-4+. The van der Waals surface area contributed by atoms with Crippen LogP contribution in [0.2, 0.25) is 0 Å². The van der Waals surface area contributed by atoms with E-state index in [4.69, 9.17) is 9.84 Å². The number of carbonyl (C=O) groups is 1. The van der Waals surface area contributed by atoms with Crippen LogP contribution in [-0.2, 0) is 4.79 Å². The number of hydrogen-bond acceptors (Lipinski definition) is 3. The molecular formula is C15H12BrNO3. The quantitative estimate of drug-likeness (QED) is 0.857. The molecule has 0 aliphatic heterocycles. The van der Waals surface area contributed by atoms with Gasteiger partial charge in [-0.15, -0.1) is 0 Å². The van der Waals surface area contributed by atoms with Gasteiger partial charge in [0, 0.05) is 22.8 Å². The van der Waals surface area contributed by atoms with Crippen molar-refractivity contribution < 1.29 is 14.6 Å². The number of ether oxygens (including phenoxy) is 1. The zero-order valence-corrected chi connectivity index (χ0v) is 12.3.